The van der Waals surface area contributed by atoms with Crippen LogP contribution in [0.5, 0.6) is 0 Å². The van der Waals surface area contributed by atoms with Crippen LogP contribution in [0, 0.1) is 13.8 Å². The molecule has 0 fully saturated rings. The monoisotopic (exact) mass is 419 g/mol. The average molecular weight is 420 g/mol. The van der Waals surface area contributed by atoms with Gasteiger partial charge in [-0.2, -0.15) is 0 Å². The van der Waals surface area contributed by atoms with Crippen molar-refractivity contribution in [1.29, 1.82) is 0 Å². The maximum atomic E-state index is 12.3. The number of rotatable bonds is 9. The van der Waals surface area contributed by atoms with Gasteiger partial charge in [0.25, 0.3) is 5.56 Å². The molecule has 2 N–H and O–H groups in total. The number of nitrogens with one attached hydrogen (secondary N) is 2. The Morgan fingerprint density at radius 2 is 2.21 bits per heavy atom. The van der Waals surface area contributed by atoms with E-state index in [1.165, 1.54) is 23.1 Å². The minimum atomic E-state index is -0.207. The Hall–Kier alpha value is -2.13. The lowest BCUT2D eigenvalue weighted by Gasteiger charge is -2.12. The predicted octanol–water partition coefficient (Wildman–Crippen LogP) is 3.02. The molecule has 0 saturated heterocycles. The van der Waals surface area contributed by atoms with Crippen molar-refractivity contribution in [2.45, 2.75) is 51.2 Å². The van der Waals surface area contributed by atoms with Gasteiger partial charge in [-0.15, -0.1) is 23.1 Å². The van der Waals surface area contributed by atoms with Crippen molar-refractivity contribution in [1.82, 2.24) is 24.8 Å². The molecular formula is C19H25N5O2S2. The Morgan fingerprint density at radius 1 is 1.39 bits per heavy atom. The third-order valence-electron chi connectivity index (χ3n) is 4.63. The van der Waals surface area contributed by atoms with Gasteiger partial charge in [0.05, 0.1) is 22.7 Å². The molecule has 0 aliphatic rings. The first kappa shape index (κ1) is 20.6. The van der Waals surface area contributed by atoms with E-state index in [1.54, 1.807) is 12.5 Å². The van der Waals surface area contributed by atoms with E-state index in [2.05, 4.69) is 20.3 Å². The fourth-order valence-corrected chi connectivity index (χ4v) is 4.67. The highest BCUT2D eigenvalue weighted by atomic mass is 32.2. The van der Waals surface area contributed by atoms with Crippen molar-refractivity contribution in [3.63, 3.8) is 0 Å². The summed E-state index contributed by atoms with van der Waals surface area (Å²) in [5.41, 5.74) is 0.895. The van der Waals surface area contributed by atoms with Gasteiger partial charge in [-0.25, -0.2) is 9.97 Å². The lowest BCUT2D eigenvalue weighted by molar-refractivity contribution is -0.120. The summed E-state index contributed by atoms with van der Waals surface area (Å²) in [5, 5.41) is 3.45. The zero-order chi connectivity index (χ0) is 20.1. The molecule has 3 aromatic heterocycles. The second-order valence-corrected chi connectivity index (χ2v) is 9.26. The maximum Gasteiger partial charge on any atom is 0.259 e. The summed E-state index contributed by atoms with van der Waals surface area (Å²) in [6, 6.07) is 0. The average Bonchev–Trinajstić information content (AvgIpc) is 3.27. The molecule has 7 nitrogen and oxygen atoms in total. The number of amides is 1. The number of H-pyrrole nitrogens is 1. The molecule has 1 atom stereocenters. The van der Waals surface area contributed by atoms with Crippen LogP contribution in [0.15, 0.2) is 23.5 Å². The number of hydrogen-bond donors (Lipinski definition) is 2. The van der Waals surface area contributed by atoms with Crippen LogP contribution in [0.3, 0.4) is 0 Å². The SMILES string of the molecule is Cc1sc2nc(CSC(C)C(=O)NCCCCn3ccnc3)[nH]c(=O)c2c1C. The molecule has 0 aliphatic heterocycles. The van der Waals surface area contributed by atoms with Crippen LogP contribution in [-0.2, 0) is 17.1 Å². The number of aromatic nitrogens is 4. The Morgan fingerprint density at radius 3 is 2.96 bits per heavy atom. The van der Waals surface area contributed by atoms with Crippen LogP contribution < -0.4 is 10.9 Å². The highest BCUT2D eigenvalue weighted by Gasteiger charge is 2.15. The van der Waals surface area contributed by atoms with Gasteiger partial charge in [-0.3, -0.25) is 9.59 Å². The van der Waals surface area contributed by atoms with E-state index in [4.69, 9.17) is 0 Å². The molecule has 1 amide bonds. The second kappa shape index (κ2) is 9.38. The summed E-state index contributed by atoms with van der Waals surface area (Å²) < 4.78 is 2.03. The van der Waals surface area contributed by atoms with Gasteiger partial charge in [-0.05, 0) is 39.2 Å². The van der Waals surface area contributed by atoms with Gasteiger partial charge in [0.1, 0.15) is 10.7 Å². The summed E-state index contributed by atoms with van der Waals surface area (Å²) in [4.78, 5) is 37.9. The first-order valence-electron chi connectivity index (χ1n) is 9.29. The lowest BCUT2D eigenvalue weighted by atomic mass is 10.2. The number of imidazole rings is 1. The molecule has 0 saturated carbocycles. The summed E-state index contributed by atoms with van der Waals surface area (Å²) in [7, 11) is 0. The first-order valence-corrected chi connectivity index (χ1v) is 11.2. The van der Waals surface area contributed by atoms with Crippen LogP contribution in [0.25, 0.3) is 10.2 Å². The van der Waals surface area contributed by atoms with Gasteiger partial charge in [-0.1, -0.05) is 0 Å². The third kappa shape index (κ3) is 5.02. The smallest absolute Gasteiger partial charge is 0.259 e. The summed E-state index contributed by atoms with van der Waals surface area (Å²) >= 11 is 3.01. The Kier molecular flexibility index (Phi) is 6.90. The molecule has 0 bridgehead atoms. The number of nitrogens with zero attached hydrogens (tertiary/aromatic N) is 3. The van der Waals surface area contributed by atoms with Gasteiger partial charge >= 0.3 is 0 Å². The molecule has 0 aliphatic carbocycles. The minimum absolute atomic E-state index is 0.0128. The normalized spacial score (nSPS) is 12.4. The summed E-state index contributed by atoms with van der Waals surface area (Å²) in [5.74, 6) is 1.12. The quantitative estimate of drug-likeness (QED) is 0.520. The van der Waals surface area contributed by atoms with Crippen molar-refractivity contribution in [2.24, 2.45) is 0 Å². The van der Waals surface area contributed by atoms with E-state index >= 15 is 0 Å². The predicted molar refractivity (Wildman–Crippen MR) is 115 cm³/mol. The number of hydrogen-bond acceptors (Lipinski definition) is 6. The number of carbonyl (C=O) groups is 1. The van der Waals surface area contributed by atoms with Crippen molar-refractivity contribution in [3.8, 4) is 0 Å². The van der Waals surface area contributed by atoms with Crippen molar-refractivity contribution < 1.29 is 4.79 Å². The molecule has 3 rings (SSSR count). The Bertz CT molecular complexity index is 994. The minimum Gasteiger partial charge on any atom is -0.355 e. The van der Waals surface area contributed by atoms with E-state index in [0.29, 0.717) is 23.5 Å². The second-order valence-electron chi connectivity index (χ2n) is 6.73. The zero-order valence-corrected chi connectivity index (χ0v) is 18.0. The van der Waals surface area contributed by atoms with Gasteiger partial charge in [0.2, 0.25) is 5.91 Å². The van der Waals surface area contributed by atoms with Crippen molar-refractivity contribution in [2.75, 3.05) is 6.54 Å². The molecule has 3 aromatic rings. The number of carbonyl (C=O) groups excluding carboxylic acids is 1. The van der Waals surface area contributed by atoms with Gasteiger partial charge in [0, 0.05) is 30.4 Å². The van der Waals surface area contributed by atoms with E-state index < -0.39 is 0 Å². The van der Waals surface area contributed by atoms with Crippen LogP contribution in [0.1, 0.15) is 36.0 Å². The fraction of sp³-hybridized carbons (Fsp3) is 0.474. The zero-order valence-electron chi connectivity index (χ0n) is 16.3. The molecule has 150 valence electrons. The highest BCUT2D eigenvalue weighted by molar-refractivity contribution is 7.99. The van der Waals surface area contributed by atoms with Crippen LogP contribution >= 0.6 is 23.1 Å². The van der Waals surface area contributed by atoms with Gasteiger partial charge in [0.15, 0.2) is 0 Å². The largest absolute Gasteiger partial charge is 0.355 e. The summed E-state index contributed by atoms with van der Waals surface area (Å²) in [6.45, 7) is 7.39. The maximum absolute atomic E-state index is 12.3. The van der Waals surface area contributed by atoms with Crippen molar-refractivity contribution in [3.05, 3.63) is 45.3 Å². The van der Waals surface area contributed by atoms with E-state index in [-0.39, 0.29) is 16.7 Å². The number of thiophene rings is 1. The molecule has 0 radical (unpaired) electrons. The number of fused-ring (bicyclic) bond motifs is 1. The topological polar surface area (TPSA) is 92.7 Å². The number of unbranched alkanes of at least 4 members (excludes halogenated alkanes) is 1. The number of aryl methyl sites for hydroxylation is 3. The standard InChI is InChI=1S/C19H25N5O2S2/c1-12-13(2)28-19-16(12)18(26)22-15(23-19)10-27-14(3)17(25)21-6-4-5-8-24-9-7-20-11-24/h7,9,11,14H,4-6,8,10H2,1-3H3,(H,21,25)(H,22,23,26). The Labute approximate surface area is 172 Å². The van der Waals surface area contributed by atoms with E-state index in [0.717, 1.165) is 34.7 Å². The first-order chi connectivity index (χ1) is 13.5. The van der Waals surface area contributed by atoms with Crippen LogP contribution in [0.4, 0.5) is 0 Å². The van der Waals surface area contributed by atoms with Crippen LogP contribution in [0.2, 0.25) is 0 Å². The fourth-order valence-electron chi connectivity index (χ4n) is 2.84. The molecule has 9 heteroatoms. The van der Waals surface area contributed by atoms with Crippen molar-refractivity contribution >= 4 is 39.2 Å². The molecule has 1 unspecified atom stereocenters. The lowest BCUT2D eigenvalue weighted by Crippen LogP contribution is -2.32. The van der Waals surface area contributed by atoms with Gasteiger partial charge < -0.3 is 14.9 Å². The number of aromatic amines is 1. The molecule has 0 aromatic carbocycles. The van der Waals surface area contributed by atoms with E-state index in [9.17, 15) is 9.59 Å². The molecule has 0 spiro atoms. The molecular weight excluding hydrogens is 394 g/mol. The van der Waals surface area contributed by atoms with Crippen LogP contribution in [-0.4, -0.2) is 37.2 Å². The third-order valence-corrected chi connectivity index (χ3v) is 6.88. The van der Waals surface area contributed by atoms with E-state index in [1.807, 2.05) is 31.5 Å². The number of thioether (sulfide) groups is 1. The molecule has 28 heavy (non-hydrogen) atoms. The summed E-state index contributed by atoms with van der Waals surface area (Å²) in [6.07, 6.45) is 7.41. The highest BCUT2D eigenvalue weighted by Crippen LogP contribution is 2.26. The molecule has 3 heterocycles. The Balaban J connectivity index is 1.44.